The second-order valence-corrected chi connectivity index (χ2v) is 7.51. The van der Waals surface area contributed by atoms with E-state index in [9.17, 15) is 9.59 Å². The highest BCUT2D eigenvalue weighted by atomic mass is 16.2. The number of amides is 1. The number of fused-ring (bicyclic) bond motifs is 1. The summed E-state index contributed by atoms with van der Waals surface area (Å²) in [5.74, 6) is -0.0746. The van der Waals surface area contributed by atoms with Gasteiger partial charge in [0.05, 0.1) is 17.1 Å². The summed E-state index contributed by atoms with van der Waals surface area (Å²) >= 11 is 0. The third kappa shape index (κ3) is 3.92. The number of hydrogen-bond donors (Lipinski definition) is 1. The highest BCUT2D eigenvalue weighted by Crippen LogP contribution is 2.22. The van der Waals surface area contributed by atoms with Crippen molar-refractivity contribution in [1.82, 2.24) is 14.5 Å². The van der Waals surface area contributed by atoms with E-state index in [1.807, 2.05) is 61.5 Å². The molecule has 1 atom stereocenters. The maximum Gasteiger partial charge on any atom is 0.328 e. The van der Waals surface area contributed by atoms with E-state index in [2.05, 4.69) is 29.6 Å². The zero-order valence-electron chi connectivity index (χ0n) is 17.2. The van der Waals surface area contributed by atoms with Gasteiger partial charge in [-0.3, -0.25) is 13.9 Å². The highest BCUT2D eigenvalue weighted by molar-refractivity contribution is 5.78. The van der Waals surface area contributed by atoms with Crippen molar-refractivity contribution < 1.29 is 4.79 Å². The van der Waals surface area contributed by atoms with Crippen LogP contribution >= 0.6 is 0 Å². The Kier molecular flexibility index (Phi) is 5.53. The molecule has 1 heterocycles. The fourth-order valence-electron chi connectivity index (χ4n) is 3.78. The summed E-state index contributed by atoms with van der Waals surface area (Å²) in [5, 5.41) is 3.04. The molecule has 30 heavy (non-hydrogen) atoms. The lowest BCUT2D eigenvalue weighted by Gasteiger charge is -2.15. The topological polar surface area (TPSA) is 56.0 Å². The molecule has 4 rings (SSSR count). The zero-order chi connectivity index (χ0) is 21.1. The molecule has 1 unspecified atom stereocenters. The average Bonchev–Trinajstić information content (AvgIpc) is 3.03. The van der Waals surface area contributed by atoms with E-state index in [1.165, 1.54) is 5.56 Å². The Balaban J connectivity index is 1.40. The summed E-state index contributed by atoms with van der Waals surface area (Å²) in [6.45, 7) is 2.32. The van der Waals surface area contributed by atoms with E-state index in [4.69, 9.17) is 0 Å². The van der Waals surface area contributed by atoms with Crippen molar-refractivity contribution in [3.63, 3.8) is 0 Å². The van der Waals surface area contributed by atoms with E-state index in [-0.39, 0.29) is 24.1 Å². The van der Waals surface area contributed by atoms with Crippen LogP contribution in [-0.4, -0.2) is 15.0 Å². The van der Waals surface area contributed by atoms with Crippen molar-refractivity contribution in [1.29, 1.82) is 0 Å². The number of hydrogen-bond acceptors (Lipinski definition) is 2. The fourth-order valence-corrected chi connectivity index (χ4v) is 3.78. The van der Waals surface area contributed by atoms with Crippen molar-refractivity contribution in [2.24, 2.45) is 7.05 Å². The standard InChI is InChI=1S/C25H25N3O2/c1-18(19-12-14-21(15-13-19)20-8-4-3-5-9-20)26-24(29)16-17-28-23-11-7-6-10-22(23)27(2)25(28)30/h3-15,18H,16-17H2,1-2H3,(H,26,29). The zero-order valence-corrected chi connectivity index (χ0v) is 17.2. The molecule has 0 saturated heterocycles. The van der Waals surface area contributed by atoms with Gasteiger partial charge in [0.25, 0.3) is 0 Å². The molecule has 152 valence electrons. The van der Waals surface area contributed by atoms with Gasteiger partial charge in [-0.1, -0.05) is 66.7 Å². The number of rotatable bonds is 6. The van der Waals surface area contributed by atoms with Gasteiger partial charge < -0.3 is 5.32 Å². The second-order valence-electron chi connectivity index (χ2n) is 7.51. The van der Waals surface area contributed by atoms with Crippen LogP contribution in [0, 0.1) is 0 Å². The maximum atomic E-state index is 12.5. The van der Waals surface area contributed by atoms with E-state index in [0.29, 0.717) is 6.54 Å². The molecule has 0 spiro atoms. The minimum atomic E-state index is -0.105. The van der Waals surface area contributed by atoms with Crippen LogP contribution < -0.4 is 11.0 Å². The number of nitrogens with zero attached hydrogens (tertiary/aromatic N) is 2. The number of imidazole rings is 1. The maximum absolute atomic E-state index is 12.5. The average molecular weight is 399 g/mol. The molecule has 0 radical (unpaired) electrons. The predicted octanol–water partition coefficient (Wildman–Crippen LogP) is 4.27. The smallest absolute Gasteiger partial charge is 0.328 e. The third-order valence-electron chi connectivity index (χ3n) is 5.51. The third-order valence-corrected chi connectivity index (χ3v) is 5.51. The molecule has 0 aliphatic heterocycles. The lowest BCUT2D eigenvalue weighted by molar-refractivity contribution is -0.121. The summed E-state index contributed by atoms with van der Waals surface area (Å²) in [5.41, 5.74) is 4.98. The van der Waals surface area contributed by atoms with Crippen molar-refractivity contribution in [3.8, 4) is 11.1 Å². The minimum absolute atomic E-state index is 0.0746. The Bertz CT molecular complexity index is 1220. The number of aromatic nitrogens is 2. The van der Waals surface area contributed by atoms with Crippen LogP contribution in [0.4, 0.5) is 0 Å². The molecule has 4 aromatic rings. The van der Waals surface area contributed by atoms with Crippen molar-refractivity contribution in [2.75, 3.05) is 0 Å². The summed E-state index contributed by atoms with van der Waals surface area (Å²) < 4.78 is 3.28. The Labute approximate surface area is 175 Å². The lowest BCUT2D eigenvalue weighted by atomic mass is 10.0. The van der Waals surface area contributed by atoms with Gasteiger partial charge in [-0.15, -0.1) is 0 Å². The normalized spacial score (nSPS) is 12.1. The van der Waals surface area contributed by atoms with Gasteiger partial charge in [0.2, 0.25) is 5.91 Å². The van der Waals surface area contributed by atoms with Gasteiger partial charge in [0, 0.05) is 20.0 Å². The van der Waals surface area contributed by atoms with Gasteiger partial charge in [0.15, 0.2) is 0 Å². The summed E-state index contributed by atoms with van der Waals surface area (Å²) in [4.78, 5) is 25.0. The minimum Gasteiger partial charge on any atom is -0.350 e. The first kappa shape index (κ1) is 19.7. The van der Waals surface area contributed by atoms with E-state index < -0.39 is 0 Å². The Hall–Kier alpha value is -3.60. The molecule has 1 aromatic heterocycles. The number of aryl methyl sites for hydroxylation is 2. The lowest BCUT2D eigenvalue weighted by Crippen LogP contribution is -2.29. The molecule has 0 saturated carbocycles. The molecule has 3 aromatic carbocycles. The molecular formula is C25H25N3O2. The molecule has 1 amide bonds. The van der Waals surface area contributed by atoms with Gasteiger partial charge in [-0.05, 0) is 35.7 Å². The van der Waals surface area contributed by atoms with Crippen LogP contribution in [0.15, 0.2) is 83.7 Å². The first-order chi connectivity index (χ1) is 14.5. The van der Waals surface area contributed by atoms with E-state index in [0.717, 1.165) is 22.2 Å². The monoisotopic (exact) mass is 399 g/mol. The predicted molar refractivity (Wildman–Crippen MR) is 120 cm³/mol. The summed E-state index contributed by atoms with van der Waals surface area (Å²) in [7, 11) is 1.75. The Morgan fingerprint density at radius 3 is 2.17 bits per heavy atom. The van der Waals surface area contributed by atoms with Gasteiger partial charge in [0.1, 0.15) is 0 Å². The second kappa shape index (κ2) is 8.41. The number of carbonyl (C=O) groups is 1. The van der Waals surface area contributed by atoms with Crippen LogP contribution in [0.5, 0.6) is 0 Å². The molecule has 5 nitrogen and oxygen atoms in total. The van der Waals surface area contributed by atoms with E-state index >= 15 is 0 Å². The molecule has 5 heteroatoms. The van der Waals surface area contributed by atoms with Gasteiger partial charge >= 0.3 is 5.69 Å². The molecule has 0 aliphatic carbocycles. The number of carbonyl (C=O) groups excluding carboxylic acids is 1. The Morgan fingerprint density at radius 2 is 1.47 bits per heavy atom. The van der Waals surface area contributed by atoms with Crippen LogP contribution in [0.1, 0.15) is 24.9 Å². The fraction of sp³-hybridized carbons (Fsp3) is 0.200. The first-order valence-electron chi connectivity index (χ1n) is 10.1. The summed E-state index contributed by atoms with van der Waals surface area (Å²) in [6, 6.07) is 26.0. The van der Waals surface area contributed by atoms with Crippen LogP contribution in [0.2, 0.25) is 0 Å². The van der Waals surface area contributed by atoms with Crippen molar-refractivity contribution in [3.05, 3.63) is 94.9 Å². The van der Waals surface area contributed by atoms with Crippen molar-refractivity contribution in [2.45, 2.75) is 25.9 Å². The van der Waals surface area contributed by atoms with Gasteiger partial charge in [-0.25, -0.2) is 4.79 Å². The first-order valence-corrected chi connectivity index (χ1v) is 10.1. The number of para-hydroxylation sites is 2. The molecule has 0 bridgehead atoms. The molecular weight excluding hydrogens is 374 g/mol. The van der Waals surface area contributed by atoms with Crippen LogP contribution in [0.25, 0.3) is 22.2 Å². The largest absolute Gasteiger partial charge is 0.350 e. The van der Waals surface area contributed by atoms with E-state index in [1.54, 1.807) is 16.2 Å². The van der Waals surface area contributed by atoms with Crippen LogP contribution in [0.3, 0.4) is 0 Å². The number of benzene rings is 3. The highest BCUT2D eigenvalue weighted by Gasteiger charge is 2.13. The molecule has 0 fully saturated rings. The molecule has 0 aliphatic rings. The van der Waals surface area contributed by atoms with Crippen LogP contribution in [-0.2, 0) is 18.4 Å². The van der Waals surface area contributed by atoms with Crippen molar-refractivity contribution >= 4 is 16.9 Å². The SMILES string of the molecule is CC(NC(=O)CCn1c(=O)n(C)c2ccccc21)c1ccc(-c2ccccc2)cc1. The number of nitrogens with one attached hydrogen (secondary N) is 1. The van der Waals surface area contributed by atoms with Gasteiger partial charge in [-0.2, -0.15) is 0 Å². The quantitative estimate of drug-likeness (QED) is 0.526. The molecule has 1 N–H and O–H groups in total. The Morgan fingerprint density at radius 1 is 0.867 bits per heavy atom. The summed E-state index contributed by atoms with van der Waals surface area (Å²) in [6.07, 6.45) is 0.250.